The van der Waals surface area contributed by atoms with Crippen LogP contribution >= 0.6 is 0 Å². The van der Waals surface area contributed by atoms with Gasteiger partial charge in [0, 0.05) is 47.5 Å². The second-order valence-electron chi connectivity index (χ2n) is 8.61. The van der Waals surface area contributed by atoms with E-state index in [2.05, 4.69) is 30.9 Å². The van der Waals surface area contributed by atoms with Crippen molar-refractivity contribution in [2.75, 3.05) is 10.6 Å². The first-order valence-electron chi connectivity index (χ1n) is 11.3. The van der Waals surface area contributed by atoms with Gasteiger partial charge in [-0.25, -0.2) is 4.99 Å². The third kappa shape index (κ3) is 4.43. The van der Waals surface area contributed by atoms with Gasteiger partial charge >= 0.3 is 0 Å². The Kier molecular flexibility index (Phi) is 5.77. The largest absolute Gasteiger partial charge is 0.325 e. The van der Waals surface area contributed by atoms with Gasteiger partial charge in [-0.2, -0.15) is 10.2 Å². The van der Waals surface area contributed by atoms with Crippen molar-refractivity contribution in [1.82, 2.24) is 20.0 Å². The Morgan fingerprint density at radius 2 is 1.81 bits per heavy atom. The van der Waals surface area contributed by atoms with E-state index in [4.69, 9.17) is 0 Å². The Labute approximate surface area is 206 Å². The zero-order chi connectivity index (χ0) is 25.4. The molecule has 0 bridgehead atoms. The number of amides is 2. The highest BCUT2D eigenvalue weighted by Gasteiger charge is 2.30. The normalized spacial score (nSPS) is 14.6. The molecule has 4 aromatic rings. The van der Waals surface area contributed by atoms with E-state index in [0.717, 1.165) is 11.4 Å². The van der Waals surface area contributed by atoms with E-state index in [0.29, 0.717) is 39.6 Å². The minimum Gasteiger partial charge on any atom is -0.325 e. The van der Waals surface area contributed by atoms with Crippen LogP contribution < -0.4 is 10.6 Å². The molecular weight excluding hydrogens is 458 g/mol. The number of carbonyl (C=O) groups excluding carboxylic acids is 3. The maximum atomic E-state index is 13.2. The first kappa shape index (κ1) is 22.9. The topological polar surface area (TPSA) is 134 Å². The lowest BCUT2D eigenvalue weighted by molar-refractivity contribution is -0.115. The average molecular weight is 482 g/mol. The molecule has 10 heteroatoms. The lowest BCUT2D eigenvalue weighted by Crippen LogP contribution is -2.16. The van der Waals surface area contributed by atoms with Crippen LogP contribution in [0.1, 0.15) is 49.3 Å². The lowest BCUT2D eigenvalue weighted by Gasteiger charge is -2.08. The van der Waals surface area contributed by atoms with Crippen molar-refractivity contribution >= 4 is 41.0 Å². The number of hydrogen-bond acceptors (Lipinski definition) is 6. The number of H-pyrrole nitrogens is 1. The fraction of sp³-hybridized carbons (Fsp3) is 0.154. The van der Waals surface area contributed by atoms with Crippen molar-refractivity contribution < 1.29 is 14.4 Å². The second kappa shape index (κ2) is 9.06. The first-order chi connectivity index (χ1) is 17.3. The smallest absolute Gasteiger partial charge is 0.273 e. The average Bonchev–Trinajstić information content (AvgIpc) is 3.52. The fourth-order valence-electron chi connectivity index (χ4n) is 4.09. The standard InChI is InChI=1S/C26H23N7O3/c1-14-11-23(31-30-14)27-13-20-19-12-17(6-9-21(19)29-25(20)35)24(34)16-4-7-18(8-5-16)28-26(36)22-10-15(2)32-33(22)3/h4-13,20H,1-3H3,(H,28,36)(H,29,35)(H,30,31). The number of benzene rings is 2. The van der Waals surface area contributed by atoms with Gasteiger partial charge in [0.05, 0.1) is 5.69 Å². The summed E-state index contributed by atoms with van der Waals surface area (Å²) in [5.41, 5.74) is 4.84. The summed E-state index contributed by atoms with van der Waals surface area (Å²) in [6.45, 7) is 3.68. The number of carbonyl (C=O) groups is 3. The van der Waals surface area contributed by atoms with Crippen molar-refractivity contribution in [3.05, 3.63) is 88.4 Å². The lowest BCUT2D eigenvalue weighted by atomic mass is 9.96. The predicted molar refractivity (Wildman–Crippen MR) is 135 cm³/mol. The molecule has 1 aliphatic rings. The van der Waals surface area contributed by atoms with Crippen LogP contribution in [0.25, 0.3) is 0 Å². The molecule has 0 saturated carbocycles. The molecule has 1 atom stereocenters. The molecule has 3 N–H and O–H groups in total. The molecule has 10 nitrogen and oxygen atoms in total. The van der Waals surface area contributed by atoms with E-state index in [1.807, 2.05) is 13.8 Å². The summed E-state index contributed by atoms with van der Waals surface area (Å²) in [5.74, 6) is -0.847. The van der Waals surface area contributed by atoms with Crippen LogP contribution in [0, 0.1) is 13.8 Å². The van der Waals surface area contributed by atoms with E-state index < -0.39 is 5.92 Å². The maximum absolute atomic E-state index is 13.2. The summed E-state index contributed by atoms with van der Waals surface area (Å²) in [4.78, 5) is 42.5. The molecule has 0 saturated heterocycles. The van der Waals surface area contributed by atoms with E-state index in [-0.39, 0.29) is 17.6 Å². The molecule has 36 heavy (non-hydrogen) atoms. The molecule has 2 amide bonds. The summed E-state index contributed by atoms with van der Waals surface area (Å²) in [6.07, 6.45) is 1.53. The van der Waals surface area contributed by atoms with Crippen molar-refractivity contribution in [2.24, 2.45) is 12.0 Å². The number of nitrogens with one attached hydrogen (secondary N) is 3. The minimum absolute atomic E-state index is 0.198. The van der Waals surface area contributed by atoms with Gasteiger partial charge in [0.2, 0.25) is 5.91 Å². The summed E-state index contributed by atoms with van der Waals surface area (Å²) in [7, 11) is 1.71. The predicted octanol–water partition coefficient (Wildman–Crippen LogP) is 3.68. The summed E-state index contributed by atoms with van der Waals surface area (Å²) >= 11 is 0. The fourth-order valence-corrected chi connectivity index (χ4v) is 4.09. The van der Waals surface area contributed by atoms with Crippen LogP contribution in [-0.2, 0) is 11.8 Å². The number of anilines is 2. The van der Waals surface area contributed by atoms with Gasteiger partial charge in [-0.3, -0.25) is 24.2 Å². The van der Waals surface area contributed by atoms with E-state index in [1.54, 1.807) is 61.6 Å². The van der Waals surface area contributed by atoms with Crippen molar-refractivity contribution in [1.29, 1.82) is 0 Å². The first-order valence-corrected chi connectivity index (χ1v) is 11.3. The van der Waals surface area contributed by atoms with Crippen molar-refractivity contribution in [2.45, 2.75) is 19.8 Å². The molecular formula is C26H23N7O3. The van der Waals surface area contributed by atoms with Crippen molar-refractivity contribution in [3.63, 3.8) is 0 Å². The highest BCUT2D eigenvalue weighted by atomic mass is 16.2. The Bertz CT molecular complexity index is 1530. The molecule has 1 aliphatic heterocycles. The summed E-state index contributed by atoms with van der Waals surface area (Å²) in [6, 6.07) is 15.2. The van der Waals surface area contributed by atoms with Crippen LogP contribution in [0.2, 0.25) is 0 Å². The number of aromatic amines is 1. The highest BCUT2D eigenvalue weighted by molar-refractivity contribution is 6.15. The van der Waals surface area contributed by atoms with Crippen molar-refractivity contribution in [3.8, 4) is 0 Å². The summed E-state index contributed by atoms with van der Waals surface area (Å²) < 4.78 is 1.52. The Morgan fingerprint density at radius 3 is 2.47 bits per heavy atom. The third-order valence-electron chi connectivity index (χ3n) is 5.88. The zero-order valence-electron chi connectivity index (χ0n) is 19.9. The van der Waals surface area contributed by atoms with Crippen LogP contribution in [-0.4, -0.2) is 43.8 Å². The van der Waals surface area contributed by atoms with Gasteiger partial charge in [-0.1, -0.05) is 0 Å². The van der Waals surface area contributed by atoms with Gasteiger partial charge in [0.15, 0.2) is 11.6 Å². The quantitative estimate of drug-likeness (QED) is 0.285. The van der Waals surface area contributed by atoms with E-state index in [9.17, 15) is 14.4 Å². The molecule has 0 spiro atoms. The number of aryl methyl sites for hydroxylation is 3. The highest BCUT2D eigenvalue weighted by Crippen LogP contribution is 2.33. The molecule has 0 radical (unpaired) electrons. The number of hydrogen-bond donors (Lipinski definition) is 3. The van der Waals surface area contributed by atoms with Crippen LogP contribution in [0.3, 0.4) is 0 Å². The van der Waals surface area contributed by atoms with E-state index in [1.165, 1.54) is 10.9 Å². The number of aromatic nitrogens is 4. The van der Waals surface area contributed by atoms with Gasteiger partial charge in [-0.15, -0.1) is 0 Å². The molecule has 2 aromatic carbocycles. The Hall–Kier alpha value is -4.86. The summed E-state index contributed by atoms with van der Waals surface area (Å²) in [5, 5.41) is 16.7. The number of ketones is 1. The Morgan fingerprint density at radius 1 is 1.06 bits per heavy atom. The third-order valence-corrected chi connectivity index (χ3v) is 5.88. The van der Waals surface area contributed by atoms with Gasteiger partial charge < -0.3 is 10.6 Å². The van der Waals surface area contributed by atoms with Gasteiger partial charge in [-0.05, 0) is 67.9 Å². The number of aliphatic imine (C=N–C) groups is 1. The van der Waals surface area contributed by atoms with Crippen LogP contribution in [0.4, 0.5) is 17.2 Å². The number of nitrogens with zero attached hydrogens (tertiary/aromatic N) is 4. The van der Waals surface area contributed by atoms with E-state index >= 15 is 0 Å². The van der Waals surface area contributed by atoms with Crippen LogP contribution in [0.5, 0.6) is 0 Å². The minimum atomic E-state index is -0.627. The molecule has 3 heterocycles. The SMILES string of the molecule is Cc1cc(C(=O)Nc2ccc(C(=O)c3ccc4c(c3)C(C=Nc3cc(C)[nH]n3)C(=O)N4)cc2)n(C)n1. The molecule has 5 rings (SSSR count). The number of rotatable bonds is 6. The molecule has 0 aliphatic carbocycles. The maximum Gasteiger partial charge on any atom is 0.273 e. The number of fused-ring (bicyclic) bond motifs is 1. The Balaban J connectivity index is 1.33. The zero-order valence-corrected chi connectivity index (χ0v) is 19.9. The molecule has 180 valence electrons. The van der Waals surface area contributed by atoms with Crippen LogP contribution in [0.15, 0.2) is 59.6 Å². The molecule has 0 fully saturated rings. The van der Waals surface area contributed by atoms with Gasteiger partial charge in [0.1, 0.15) is 11.6 Å². The molecule has 1 unspecified atom stereocenters. The van der Waals surface area contributed by atoms with Gasteiger partial charge in [0.25, 0.3) is 5.91 Å². The molecule has 2 aromatic heterocycles. The second-order valence-corrected chi connectivity index (χ2v) is 8.61. The monoisotopic (exact) mass is 481 g/mol.